The third-order valence-electron chi connectivity index (χ3n) is 2.58. The fourth-order valence-corrected chi connectivity index (χ4v) is 3.24. The number of hydrogen-bond acceptors (Lipinski definition) is 3. The number of halogens is 1. The van der Waals surface area contributed by atoms with Crippen LogP contribution in [0.15, 0.2) is 22.0 Å². The Kier molecular flexibility index (Phi) is 5.37. The summed E-state index contributed by atoms with van der Waals surface area (Å²) in [7, 11) is -3.58. The second kappa shape index (κ2) is 6.36. The van der Waals surface area contributed by atoms with Crippen molar-refractivity contribution in [2.24, 2.45) is 0 Å². The smallest absolute Gasteiger partial charge is 0.266 e. The predicted molar refractivity (Wildman–Crippen MR) is 71.4 cm³/mol. The van der Waals surface area contributed by atoms with Gasteiger partial charge in [0.25, 0.3) is 5.56 Å². The molecule has 18 heavy (non-hydrogen) atoms. The minimum absolute atomic E-state index is 0.0186. The molecule has 1 aromatic rings. The van der Waals surface area contributed by atoms with Crippen LogP contribution in [0.3, 0.4) is 0 Å². The first-order valence-corrected chi connectivity index (χ1v) is 7.63. The molecule has 1 rings (SSSR count). The molecule has 0 bridgehead atoms. The lowest BCUT2D eigenvalue weighted by Gasteiger charge is -2.20. The summed E-state index contributed by atoms with van der Waals surface area (Å²) in [6.45, 7) is 4.63. The van der Waals surface area contributed by atoms with Crippen molar-refractivity contribution < 1.29 is 8.42 Å². The normalized spacial score (nSPS) is 12.0. The molecule has 0 aliphatic rings. The molecule has 5 nitrogen and oxygen atoms in total. The zero-order chi connectivity index (χ0) is 13.8. The highest BCUT2D eigenvalue weighted by Crippen LogP contribution is 2.16. The summed E-state index contributed by atoms with van der Waals surface area (Å²) in [6.07, 6.45) is 2.89. The maximum atomic E-state index is 12.3. The Hall–Kier alpha value is -0.850. The highest BCUT2D eigenvalue weighted by molar-refractivity contribution is 7.89. The molecule has 0 atom stereocenters. The number of aromatic amines is 1. The number of nitrogens with one attached hydrogen (secondary N) is 1. The van der Waals surface area contributed by atoms with Gasteiger partial charge in [-0.25, -0.2) is 8.42 Å². The third-order valence-corrected chi connectivity index (χ3v) is 4.82. The molecule has 1 N–H and O–H groups in total. The van der Waals surface area contributed by atoms with E-state index in [1.54, 1.807) is 6.92 Å². The maximum absolute atomic E-state index is 12.3. The Morgan fingerprint density at radius 2 is 2.06 bits per heavy atom. The number of nitrogens with zero attached hydrogens (tertiary/aromatic N) is 1. The van der Waals surface area contributed by atoms with Gasteiger partial charge in [0, 0.05) is 19.3 Å². The van der Waals surface area contributed by atoms with E-state index in [0.29, 0.717) is 13.1 Å². The van der Waals surface area contributed by atoms with Gasteiger partial charge >= 0.3 is 0 Å². The number of rotatable bonds is 6. The van der Waals surface area contributed by atoms with E-state index in [0.717, 1.165) is 12.8 Å². The number of aromatic nitrogens is 1. The van der Waals surface area contributed by atoms with Crippen molar-refractivity contribution in [3.05, 3.63) is 27.6 Å². The molecule has 0 saturated heterocycles. The van der Waals surface area contributed by atoms with Crippen LogP contribution in [0, 0.1) is 0 Å². The fourth-order valence-electron chi connectivity index (χ4n) is 1.52. The van der Waals surface area contributed by atoms with Crippen LogP contribution in [0.5, 0.6) is 0 Å². The van der Waals surface area contributed by atoms with E-state index in [-0.39, 0.29) is 9.92 Å². The van der Waals surface area contributed by atoms with Crippen LogP contribution in [-0.4, -0.2) is 30.8 Å². The molecule has 0 spiro atoms. The van der Waals surface area contributed by atoms with Gasteiger partial charge in [0.05, 0.1) is 4.90 Å². The zero-order valence-electron chi connectivity index (χ0n) is 10.4. The molecule has 1 heterocycles. The Morgan fingerprint density at radius 1 is 1.39 bits per heavy atom. The van der Waals surface area contributed by atoms with Gasteiger partial charge in [-0.1, -0.05) is 31.9 Å². The van der Waals surface area contributed by atoms with Crippen molar-refractivity contribution in [3.63, 3.8) is 0 Å². The lowest BCUT2D eigenvalue weighted by atomic mass is 10.3. The topological polar surface area (TPSA) is 70.2 Å². The fraction of sp³-hybridized carbons (Fsp3) is 0.545. The first-order valence-electron chi connectivity index (χ1n) is 5.81. The number of H-pyrrole nitrogens is 1. The van der Waals surface area contributed by atoms with Crippen molar-refractivity contribution in [1.29, 1.82) is 0 Å². The van der Waals surface area contributed by atoms with Crippen LogP contribution in [0.25, 0.3) is 0 Å². The van der Waals surface area contributed by atoms with E-state index in [2.05, 4.69) is 4.98 Å². The third kappa shape index (κ3) is 3.34. The quantitative estimate of drug-likeness (QED) is 0.870. The second-order valence-electron chi connectivity index (χ2n) is 3.86. The zero-order valence-corrected chi connectivity index (χ0v) is 12.0. The predicted octanol–water partition coefficient (Wildman–Crippen LogP) is 1.84. The SMILES string of the molecule is CCCCN(CC)S(=O)(=O)c1c[nH]c(=O)c(Cl)c1. The summed E-state index contributed by atoms with van der Waals surface area (Å²) < 4.78 is 25.9. The monoisotopic (exact) mass is 292 g/mol. The standard InChI is InChI=1S/C11H17ClN2O3S/c1-3-5-6-14(4-2)18(16,17)9-7-10(12)11(15)13-8-9/h7-8H,3-6H2,1-2H3,(H,13,15). The molecule has 0 unspecified atom stereocenters. The maximum Gasteiger partial charge on any atom is 0.266 e. The van der Waals surface area contributed by atoms with Gasteiger partial charge in [-0.2, -0.15) is 4.31 Å². The molecule has 0 radical (unpaired) electrons. The molecule has 0 saturated carbocycles. The largest absolute Gasteiger partial charge is 0.326 e. The minimum atomic E-state index is -3.58. The van der Waals surface area contributed by atoms with Gasteiger partial charge in [0.15, 0.2) is 0 Å². The summed E-state index contributed by atoms with van der Waals surface area (Å²) in [6, 6.07) is 1.18. The summed E-state index contributed by atoms with van der Waals surface area (Å²) in [4.78, 5) is 13.4. The van der Waals surface area contributed by atoms with Crippen LogP contribution in [-0.2, 0) is 10.0 Å². The van der Waals surface area contributed by atoms with E-state index >= 15 is 0 Å². The average molecular weight is 293 g/mol. The number of sulfonamides is 1. The van der Waals surface area contributed by atoms with Crippen LogP contribution in [0.2, 0.25) is 5.02 Å². The van der Waals surface area contributed by atoms with Gasteiger partial charge in [0.2, 0.25) is 10.0 Å². The molecule has 102 valence electrons. The lowest BCUT2D eigenvalue weighted by Crippen LogP contribution is -2.32. The Morgan fingerprint density at radius 3 is 2.56 bits per heavy atom. The molecule has 0 aromatic carbocycles. The number of unbranched alkanes of at least 4 members (excludes halogenated alkanes) is 1. The summed E-state index contributed by atoms with van der Waals surface area (Å²) >= 11 is 5.65. The van der Waals surface area contributed by atoms with E-state index in [9.17, 15) is 13.2 Å². The van der Waals surface area contributed by atoms with Gasteiger partial charge in [0.1, 0.15) is 5.02 Å². The highest BCUT2D eigenvalue weighted by Gasteiger charge is 2.23. The second-order valence-corrected chi connectivity index (χ2v) is 6.21. The molecule has 0 fully saturated rings. The first kappa shape index (κ1) is 15.2. The van der Waals surface area contributed by atoms with Crippen molar-refractivity contribution in [2.75, 3.05) is 13.1 Å². The lowest BCUT2D eigenvalue weighted by molar-refractivity contribution is 0.418. The first-order chi connectivity index (χ1) is 8.43. The van der Waals surface area contributed by atoms with Gasteiger partial charge < -0.3 is 4.98 Å². The molecule has 7 heteroatoms. The van der Waals surface area contributed by atoms with Crippen LogP contribution in [0.4, 0.5) is 0 Å². The molecular weight excluding hydrogens is 276 g/mol. The van der Waals surface area contributed by atoms with E-state index in [1.807, 2.05) is 6.92 Å². The average Bonchev–Trinajstić information content (AvgIpc) is 2.33. The van der Waals surface area contributed by atoms with Crippen LogP contribution >= 0.6 is 11.6 Å². The molecule has 0 amide bonds. The Balaban J connectivity index is 3.10. The number of hydrogen-bond donors (Lipinski definition) is 1. The Bertz CT molecular complexity index is 554. The molecular formula is C11H17ClN2O3S. The molecule has 1 aromatic heterocycles. The summed E-state index contributed by atoms with van der Waals surface area (Å²) in [5.41, 5.74) is -0.493. The molecule has 0 aliphatic carbocycles. The van der Waals surface area contributed by atoms with Crippen molar-refractivity contribution in [2.45, 2.75) is 31.6 Å². The van der Waals surface area contributed by atoms with Gasteiger partial charge in [-0.3, -0.25) is 4.79 Å². The summed E-state index contributed by atoms with van der Waals surface area (Å²) in [5.74, 6) is 0. The Labute approximate surface area is 112 Å². The van der Waals surface area contributed by atoms with Crippen molar-refractivity contribution in [1.82, 2.24) is 9.29 Å². The van der Waals surface area contributed by atoms with Crippen molar-refractivity contribution in [3.8, 4) is 0 Å². The van der Waals surface area contributed by atoms with Crippen LogP contribution in [0.1, 0.15) is 26.7 Å². The molecule has 0 aliphatic heterocycles. The minimum Gasteiger partial charge on any atom is -0.326 e. The van der Waals surface area contributed by atoms with Gasteiger partial charge in [-0.05, 0) is 12.5 Å². The van der Waals surface area contributed by atoms with Crippen molar-refractivity contribution >= 4 is 21.6 Å². The summed E-state index contributed by atoms with van der Waals surface area (Å²) in [5, 5.41) is -0.123. The van der Waals surface area contributed by atoms with E-state index in [1.165, 1.54) is 16.6 Å². The van der Waals surface area contributed by atoms with E-state index < -0.39 is 15.6 Å². The number of pyridine rings is 1. The van der Waals surface area contributed by atoms with E-state index in [4.69, 9.17) is 11.6 Å². The van der Waals surface area contributed by atoms with Gasteiger partial charge in [-0.15, -0.1) is 0 Å². The van der Waals surface area contributed by atoms with Crippen LogP contribution < -0.4 is 5.56 Å². The highest BCUT2D eigenvalue weighted by atomic mass is 35.5.